The zero-order valence-electron chi connectivity index (χ0n) is 4.93. The van der Waals surface area contributed by atoms with E-state index in [0.29, 0.717) is 0 Å². The van der Waals surface area contributed by atoms with Gasteiger partial charge in [-0.15, -0.1) is 0 Å². The van der Waals surface area contributed by atoms with Crippen LogP contribution in [-0.2, 0) is 0 Å². The first-order valence-corrected chi connectivity index (χ1v) is 3.27. The summed E-state index contributed by atoms with van der Waals surface area (Å²) in [6.45, 7) is 0. The van der Waals surface area contributed by atoms with Crippen LogP contribution in [0.25, 0.3) is 0 Å². The van der Waals surface area contributed by atoms with Crippen LogP contribution in [0.3, 0.4) is 0 Å². The quantitative estimate of drug-likeness (QED) is 0.462. The van der Waals surface area contributed by atoms with Gasteiger partial charge < -0.3 is 5.73 Å². The molecule has 0 unspecified atom stereocenters. The highest BCUT2D eigenvalue weighted by Crippen LogP contribution is 2.40. The Bertz CT molecular complexity index is 139. The van der Waals surface area contributed by atoms with Gasteiger partial charge in [0.25, 0.3) is 0 Å². The Morgan fingerprint density at radius 1 is 1.62 bits per heavy atom. The summed E-state index contributed by atoms with van der Waals surface area (Å²) in [7, 11) is 0. The molecule has 2 aliphatic rings. The third-order valence-corrected chi connectivity index (χ3v) is 2.32. The van der Waals surface area contributed by atoms with Gasteiger partial charge >= 0.3 is 0 Å². The molecule has 1 nitrogen and oxygen atoms in total. The predicted molar refractivity (Wildman–Crippen MR) is 33.4 cm³/mol. The fourth-order valence-corrected chi connectivity index (χ4v) is 1.79. The lowest BCUT2D eigenvalue weighted by Gasteiger charge is -2.14. The average molecular weight is 109 g/mol. The van der Waals surface area contributed by atoms with Crippen LogP contribution in [0.4, 0.5) is 0 Å². The minimum absolute atomic E-state index is 0.130. The first kappa shape index (κ1) is 4.57. The zero-order chi connectivity index (χ0) is 5.61. The van der Waals surface area contributed by atoms with Gasteiger partial charge in [0.05, 0.1) is 0 Å². The average Bonchev–Trinajstić information content (AvgIpc) is 2.21. The molecule has 2 bridgehead atoms. The summed E-state index contributed by atoms with van der Waals surface area (Å²) in [6, 6.07) is 0. The second-order valence-electron chi connectivity index (χ2n) is 3.10. The molecule has 0 aromatic heterocycles. The molecule has 2 atom stereocenters. The van der Waals surface area contributed by atoms with Crippen LogP contribution in [0.15, 0.2) is 12.2 Å². The molecule has 0 saturated heterocycles. The maximum atomic E-state index is 5.91. The summed E-state index contributed by atoms with van der Waals surface area (Å²) in [5.74, 6) is 0.833. The molecular formula is C7H11N. The van der Waals surface area contributed by atoms with Crippen molar-refractivity contribution in [1.29, 1.82) is 0 Å². The van der Waals surface area contributed by atoms with Crippen molar-refractivity contribution in [2.75, 3.05) is 0 Å². The van der Waals surface area contributed by atoms with Gasteiger partial charge in [-0.05, 0) is 25.2 Å². The second kappa shape index (κ2) is 1.16. The number of hydrogen-bond acceptors (Lipinski definition) is 1. The summed E-state index contributed by atoms with van der Waals surface area (Å²) in [4.78, 5) is 0. The molecule has 1 heteroatoms. The third kappa shape index (κ3) is 0.451. The molecule has 0 aromatic rings. The Morgan fingerprint density at radius 3 is 2.62 bits per heavy atom. The van der Waals surface area contributed by atoms with E-state index in [1.165, 1.54) is 19.3 Å². The van der Waals surface area contributed by atoms with Crippen molar-refractivity contribution in [3.63, 3.8) is 0 Å². The highest BCUT2D eigenvalue weighted by Gasteiger charge is 2.36. The minimum Gasteiger partial charge on any atom is -0.322 e. The van der Waals surface area contributed by atoms with Crippen LogP contribution in [0.1, 0.15) is 19.3 Å². The van der Waals surface area contributed by atoms with Crippen molar-refractivity contribution in [3.8, 4) is 0 Å². The van der Waals surface area contributed by atoms with Gasteiger partial charge in [-0.25, -0.2) is 0 Å². The first-order chi connectivity index (χ1) is 3.79. The van der Waals surface area contributed by atoms with Gasteiger partial charge in [0, 0.05) is 5.54 Å². The molecule has 0 heterocycles. The van der Waals surface area contributed by atoms with Gasteiger partial charge in [-0.3, -0.25) is 0 Å². The first-order valence-electron chi connectivity index (χ1n) is 3.27. The van der Waals surface area contributed by atoms with Gasteiger partial charge in [-0.2, -0.15) is 0 Å². The van der Waals surface area contributed by atoms with Crippen LogP contribution >= 0.6 is 0 Å². The van der Waals surface area contributed by atoms with Crippen LogP contribution in [0.2, 0.25) is 0 Å². The van der Waals surface area contributed by atoms with Crippen LogP contribution in [-0.4, -0.2) is 5.54 Å². The second-order valence-corrected chi connectivity index (χ2v) is 3.10. The van der Waals surface area contributed by atoms with Crippen LogP contribution < -0.4 is 5.73 Å². The van der Waals surface area contributed by atoms with Gasteiger partial charge in [0.2, 0.25) is 0 Å². The SMILES string of the molecule is N[C@@]12C=C[C@@H](CC1)C2. The van der Waals surface area contributed by atoms with Crippen molar-refractivity contribution in [2.24, 2.45) is 11.7 Å². The number of hydrogen-bond donors (Lipinski definition) is 1. The van der Waals surface area contributed by atoms with Crippen molar-refractivity contribution >= 4 is 0 Å². The van der Waals surface area contributed by atoms with E-state index in [1.54, 1.807) is 0 Å². The summed E-state index contributed by atoms with van der Waals surface area (Å²) < 4.78 is 0. The molecule has 0 radical (unpaired) electrons. The Morgan fingerprint density at radius 2 is 2.50 bits per heavy atom. The van der Waals surface area contributed by atoms with Crippen molar-refractivity contribution in [3.05, 3.63) is 12.2 Å². The molecule has 44 valence electrons. The number of rotatable bonds is 0. The monoisotopic (exact) mass is 109 g/mol. The van der Waals surface area contributed by atoms with Gasteiger partial charge in [-0.1, -0.05) is 12.2 Å². The third-order valence-electron chi connectivity index (χ3n) is 2.32. The van der Waals surface area contributed by atoms with E-state index in [-0.39, 0.29) is 5.54 Å². The lowest BCUT2D eigenvalue weighted by Crippen LogP contribution is -2.32. The van der Waals surface area contributed by atoms with E-state index in [2.05, 4.69) is 12.2 Å². The van der Waals surface area contributed by atoms with E-state index in [4.69, 9.17) is 5.73 Å². The van der Waals surface area contributed by atoms with E-state index < -0.39 is 0 Å². The topological polar surface area (TPSA) is 26.0 Å². The zero-order valence-corrected chi connectivity index (χ0v) is 4.93. The molecule has 1 fully saturated rings. The van der Waals surface area contributed by atoms with Gasteiger partial charge in [0.15, 0.2) is 0 Å². The Labute approximate surface area is 49.6 Å². The maximum Gasteiger partial charge on any atom is 0.0345 e. The molecule has 1 saturated carbocycles. The lowest BCUT2D eigenvalue weighted by atomic mass is 10.0. The summed E-state index contributed by atoms with van der Waals surface area (Å²) in [5, 5.41) is 0. The van der Waals surface area contributed by atoms with E-state index in [0.717, 1.165) is 5.92 Å². The Hall–Kier alpha value is -0.300. The molecule has 0 aliphatic heterocycles. The number of allylic oxidation sites excluding steroid dienone is 1. The van der Waals surface area contributed by atoms with E-state index in [9.17, 15) is 0 Å². The largest absolute Gasteiger partial charge is 0.322 e. The van der Waals surface area contributed by atoms with Crippen LogP contribution in [0, 0.1) is 5.92 Å². The molecular weight excluding hydrogens is 98.1 g/mol. The fourth-order valence-electron chi connectivity index (χ4n) is 1.79. The van der Waals surface area contributed by atoms with Crippen molar-refractivity contribution in [1.82, 2.24) is 0 Å². The summed E-state index contributed by atoms with van der Waals surface area (Å²) in [6.07, 6.45) is 8.21. The summed E-state index contributed by atoms with van der Waals surface area (Å²) >= 11 is 0. The predicted octanol–water partition coefficient (Wildman–Crippen LogP) is 1.05. The minimum atomic E-state index is 0.130. The molecule has 2 aliphatic carbocycles. The Balaban J connectivity index is 2.33. The normalized spacial score (nSPS) is 50.9. The number of fused-ring (bicyclic) bond motifs is 2. The van der Waals surface area contributed by atoms with Crippen molar-refractivity contribution in [2.45, 2.75) is 24.8 Å². The lowest BCUT2D eigenvalue weighted by molar-refractivity contribution is 0.559. The smallest absolute Gasteiger partial charge is 0.0345 e. The van der Waals surface area contributed by atoms with Crippen LogP contribution in [0.5, 0.6) is 0 Å². The molecule has 2 N–H and O–H groups in total. The van der Waals surface area contributed by atoms with E-state index in [1.807, 2.05) is 0 Å². The highest BCUT2D eigenvalue weighted by molar-refractivity contribution is 5.19. The molecule has 0 amide bonds. The molecule has 0 aromatic carbocycles. The standard InChI is InChI=1S/C7H11N/c8-7-3-1-6(5-7)2-4-7/h1,3,6H,2,4-5,8H2/t6-,7-/m0/s1. The van der Waals surface area contributed by atoms with Gasteiger partial charge in [0.1, 0.15) is 0 Å². The molecule has 0 spiro atoms. The number of nitrogens with two attached hydrogens (primary N) is 1. The summed E-state index contributed by atoms with van der Waals surface area (Å²) in [5.41, 5.74) is 6.04. The fraction of sp³-hybridized carbons (Fsp3) is 0.714. The van der Waals surface area contributed by atoms with E-state index >= 15 is 0 Å². The highest BCUT2D eigenvalue weighted by atomic mass is 14.8. The molecule has 2 rings (SSSR count). The molecule has 8 heavy (non-hydrogen) atoms. The van der Waals surface area contributed by atoms with Crippen molar-refractivity contribution < 1.29 is 0 Å². The maximum absolute atomic E-state index is 5.91. The Kier molecular flexibility index (Phi) is 0.662.